The summed E-state index contributed by atoms with van der Waals surface area (Å²) in [4.78, 5) is 2.68. The second-order valence-corrected chi connectivity index (χ2v) is 6.57. The van der Waals surface area contributed by atoms with Crippen LogP contribution in [0.4, 0.5) is 0 Å². The third-order valence-electron chi connectivity index (χ3n) is 4.66. The van der Waals surface area contributed by atoms with Crippen LogP contribution in [0.1, 0.15) is 53.4 Å². The highest BCUT2D eigenvalue weighted by molar-refractivity contribution is 4.76. The van der Waals surface area contributed by atoms with Crippen LogP contribution in [0.25, 0.3) is 0 Å². The maximum absolute atomic E-state index is 5.36. The summed E-state index contributed by atoms with van der Waals surface area (Å²) in [6.45, 7) is 15.7. The largest absolute Gasteiger partial charge is 0.382 e. The van der Waals surface area contributed by atoms with E-state index in [1.807, 2.05) is 0 Å². The Morgan fingerprint density at radius 2 is 2.00 bits per heavy atom. The number of rotatable bonds is 9. The monoisotopic (exact) mass is 284 g/mol. The molecule has 0 aromatic heterocycles. The van der Waals surface area contributed by atoms with Crippen LogP contribution < -0.4 is 5.32 Å². The van der Waals surface area contributed by atoms with Crippen molar-refractivity contribution in [1.82, 2.24) is 10.2 Å². The summed E-state index contributed by atoms with van der Waals surface area (Å²) < 4.78 is 5.36. The standard InChI is InChI=1S/C17H36N2O/c1-5-20-13-7-10-18-14-16(4)19-11-6-8-17(9-12-19)15(2)3/h15-18H,5-14H2,1-4H3. The SMILES string of the molecule is CCOCCCNCC(C)N1CCCC(C(C)C)CC1. The van der Waals surface area contributed by atoms with Crippen LogP contribution in [0, 0.1) is 11.8 Å². The Balaban J connectivity index is 2.14. The van der Waals surface area contributed by atoms with E-state index in [1.54, 1.807) is 0 Å². The maximum Gasteiger partial charge on any atom is 0.0477 e. The van der Waals surface area contributed by atoms with Crippen molar-refractivity contribution in [3.8, 4) is 0 Å². The van der Waals surface area contributed by atoms with E-state index in [4.69, 9.17) is 4.74 Å². The molecule has 0 radical (unpaired) electrons. The van der Waals surface area contributed by atoms with Gasteiger partial charge < -0.3 is 10.1 Å². The summed E-state index contributed by atoms with van der Waals surface area (Å²) in [7, 11) is 0. The van der Waals surface area contributed by atoms with Gasteiger partial charge in [-0.25, -0.2) is 0 Å². The highest BCUT2D eigenvalue weighted by Crippen LogP contribution is 2.25. The van der Waals surface area contributed by atoms with Gasteiger partial charge in [-0.2, -0.15) is 0 Å². The second-order valence-electron chi connectivity index (χ2n) is 6.57. The van der Waals surface area contributed by atoms with Gasteiger partial charge in [0, 0.05) is 25.8 Å². The molecule has 3 nitrogen and oxygen atoms in total. The van der Waals surface area contributed by atoms with Crippen LogP contribution in [0.3, 0.4) is 0 Å². The summed E-state index contributed by atoms with van der Waals surface area (Å²) in [6, 6.07) is 0.660. The Hall–Kier alpha value is -0.120. The van der Waals surface area contributed by atoms with Gasteiger partial charge in [-0.15, -0.1) is 0 Å². The molecule has 1 aliphatic rings. The number of hydrogen-bond acceptors (Lipinski definition) is 3. The van der Waals surface area contributed by atoms with E-state index >= 15 is 0 Å². The molecule has 1 N–H and O–H groups in total. The molecule has 0 amide bonds. The number of nitrogens with zero attached hydrogens (tertiary/aromatic N) is 1. The van der Waals surface area contributed by atoms with Crippen LogP contribution in [0.15, 0.2) is 0 Å². The molecule has 2 atom stereocenters. The van der Waals surface area contributed by atoms with Gasteiger partial charge in [0.1, 0.15) is 0 Å². The van der Waals surface area contributed by atoms with E-state index in [9.17, 15) is 0 Å². The van der Waals surface area contributed by atoms with E-state index in [0.717, 1.165) is 44.6 Å². The molecule has 0 bridgehead atoms. The summed E-state index contributed by atoms with van der Waals surface area (Å²) in [5.41, 5.74) is 0. The Morgan fingerprint density at radius 1 is 1.20 bits per heavy atom. The van der Waals surface area contributed by atoms with Gasteiger partial charge >= 0.3 is 0 Å². The first-order chi connectivity index (χ1) is 9.65. The zero-order chi connectivity index (χ0) is 14.8. The van der Waals surface area contributed by atoms with Gasteiger partial charge in [0.25, 0.3) is 0 Å². The summed E-state index contributed by atoms with van der Waals surface area (Å²) in [6.07, 6.45) is 5.29. The molecule has 0 aromatic carbocycles. The highest BCUT2D eigenvalue weighted by Gasteiger charge is 2.21. The van der Waals surface area contributed by atoms with Gasteiger partial charge in [-0.1, -0.05) is 13.8 Å². The van der Waals surface area contributed by atoms with E-state index in [1.165, 1.54) is 32.4 Å². The van der Waals surface area contributed by atoms with Crippen molar-refractivity contribution in [2.45, 2.75) is 59.4 Å². The number of nitrogens with one attached hydrogen (secondary N) is 1. The Morgan fingerprint density at radius 3 is 2.70 bits per heavy atom. The van der Waals surface area contributed by atoms with E-state index < -0.39 is 0 Å². The van der Waals surface area contributed by atoms with Gasteiger partial charge in [-0.3, -0.25) is 4.90 Å². The summed E-state index contributed by atoms with van der Waals surface area (Å²) >= 11 is 0. The summed E-state index contributed by atoms with van der Waals surface area (Å²) in [5, 5.41) is 3.57. The van der Waals surface area contributed by atoms with Gasteiger partial charge in [-0.05, 0) is 71.0 Å². The summed E-state index contributed by atoms with van der Waals surface area (Å²) in [5.74, 6) is 1.79. The predicted molar refractivity (Wildman–Crippen MR) is 87.2 cm³/mol. The van der Waals surface area contributed by atoms with E-state index in [2.05, 4.69) is 37.9 Å². The molecule has 0 spiro atoms. The fourth-order valence-corrected chi connectivity index (χ4v) is 3.14. The van der Waals surface area contributed by atoms with Crippen LogP contribution >= 0.6 is 0 Å². The quantitative estimate of drug-likeness (QED) is 0.658. The molecule has 120 valence electrons. The fourth-order valence-electron chi connectivity index (χ4n) is 3.14. The molecule has 2 unspecified atom stereocenters. The minimum absolute atomic E-state index is 0.660. The maximum atomic E-state index is 5.36. The highest BCUT2D eigenvalue weighted by atomic mass is 16.5. The minimum Gasteiger partial charge on any atom is -0.382 e. The topological polar surface area (TPSA) is 24.5 Å². The molecule has 1 saturated heterocycles. The smallest absolute Gasteiger partial charge is 0.0477 e. The van der Waals surface area contributed by atoms with Crippen molar-refractivity contribution in [3.63, 3.8) is 0 Å². The lowest BCUT2D eigenvalue weighted by Gasteiger charge is -2.28. The number of ether oxygens (including phenoxy) is 1. The lowest BCUT2D eigenvalue weighted by Crippen LogP contribution is -2.41. The lowest BCUT2D eigenvalue weighted by atomic mass is 9.89. The average molecular weight is 284 g/mol. The van der Waals surface area contributed by atoms with Gasteiger partial charge in [0.2, 0.25) is 0 Å². The van der Waals surface area contributed by atoms with Crippen molar-refractivity contribution in [1.29, 1.82) is 0 Å². The molecule has 1 heterocycles. The minimum atomic E-state index is 0.660. The molecule has 0 aromatic rings. The molecule has 1 fully saturated rings. The Kier molecular flexibility index (Phi) is 9.49. The van der Waals surface area contributed by atoms with Crippen LogP contribution in [0.2, 0.25) is 0 Å². The van der Waals surface area contributed by atoms with Crippen LogP contribution in [0.5, 0.6) is 0 Å². The first-order valence-corrected chi connectivity index (χ1v) is 8.67. The van der Waals surface area contributed by atoms with Crippen molar-refractivity contribution in [3.05, 3.63) is 0 Å². The van der Waals surface area contributed by atoms with Gasteiger partial charge in [0.05, 0.1) is 0 Å². The van der Waals surface area contributed by atoms with E-state index in [0.29, 0.717) is 6.04 Å². The number of hydrogen-bond donors (Lipinski definition) is 1. The van der Waals surface area contributed by atoms with E-state index in [-0.39, 0.29) is 0 Å². The molecule has 0 saturated carbocycles. The zero-order valence-electron chi connectivity index (χ0n) is 14.2. The first-order valence-electron chi connectivity index (χ1n) is 8.67. The molecule has 0 aliphatic carbocycles. The molecule has 1 aliphatic heterocycles. The van der Waals surface area contributed by atoms with Crippen molar-refractivity contribution in [2.75, 3.05) is 39.4 Å². The third kappa shape index (κ3) is 7.05. The normalized spacial score (nSPS) is 22.9. The third-order valence-corrected chi connectivity index (χ3v) is 4.66. The Labute approximate surface area is 126 Å². The van der Waals surface area contributed by atoms with Crippen LogP contribution in [-0.2, 0) is 4.74 Å². The molecular formula is C17H36N2O. The van der Waals surface area contributed by atoms with Crippen molar-refractivity contribution in [2.24, 2.45) is 11.8 Å². The van der Waals surface area contributed by atoms with Gasteiger partial charge in [0.15, 0.2) is 0 Å². The predicted octanol–water partition coefficient (Wildman–Crippen LogP) is 3.15. The number of likely N-dealkylation sites (tertiary alicyclic amines) is 1. The molecule has 1 rings (SSSR count). The van der Waals surface area contributed by atoms with Crippen molar-refractivity contribution >= 4 is 0 Å². The lowest BCUT2D eigenvalue weighted by molar-refractivity contribution is 0.143. The Bertz CT molecular complexity index is 233. The van der Waals surface area contributed by atoms with Crippen molar-refractivity contribution < 1.29 is 4.74 Å². The average Bonchev–Trinajstić information content (AvgIpc) is 2.68. The molecular weight excluding hydrogens is 248 g/mol. The first kappa shape index (κ1) is 17.9. The zero-order valence-corrected chi connectivity index (χ0v) is 14.2. The molecule has 20 heavy (non-hydrogen) atoms. The fraction of sp³-hybridized carbons (Fsp3) is 1.00. The molecule has 3 heteroatoms. The van der Waals surface area contributed by atoms with Crippen LogP contribution in [-0.4, -0.2) is 50.3 Å². The second kappa shape index (κ2) is 10.6.